The van der Waals surface area contributed by atoms with Crippen LogP contribution in [0.2, 0.25) is 0 Å². The highest BCUT2D eigenvalue weighted by Gasteiger charge is 1.98. The van der Waals surface area contributed by atoms with Gasteiger partial charge in [-0.25, -0.2) is 0 Å². The minimum absolute atomic E-state index is 0.496. The fourth-order valence-electron chi connectivity index (χ4n) is 0.792. The quantitative estimate of drug-likeness (QED) is 0.611. The van der Waals surface area contributed by atoms with Gasteiger partial charge in [-0.2, -0.15) is 0 Å². The Balaban J connectivity index is 2.84. The summed E-state index contributed by atoms with van der Waals surface area (Å²) in [5.74, 6) is 0. The van der Waals surface area contributed by atoms with E-state index in [9.17, 15) is 0 Å². The summed E-state index contributed by atoms with van der Waals surface area (Å²) >= 11 is 4.93. The molecule has 0 aliphatic heterocycles. The maximum Gasteiger partial charge on any atom is 0.0335 e. The summed E-state index contributed by atoms with van der Waals surface area (Å²) in [4.78, 5) is 0. The van der Waals surface area contributed by atoms with Crippen molar-refractivity contribution < 1.29 is 0 Å². The van der Waals surface area contributed by atoms with E-state index in [2.05, 4.69) is 19.1 Å². The van der Waals surface area contributed by atoms with Crippen LogP contribution >= 0.6 is 7.36 Å². The van der Waals surface area contributed by atoms with Gasteiger partial charge < -0.3 is 0 Å². The van der Waals surface area contributed by atoms with Crippen LogP contribution in [0.5, 0.6) is 0 Å². The fourth-order valence-corrected chi connectivity index (χ4v) is 1.45. The minimum Gasteiger partial charge on any atom is -0.0622 e. The van der Waals surface area contributed by atoms with Crippen molar-refractivity contribution in [2.75, 3.05) is 0 Å². The van der Waals surface area contributed by atoms with Gasteiger partial charge in [-0.05, 0) is 19.8 Å². The Bertz CT molecular complexity index is 208. The lowest BCUT2D eigenvalue weighted by Gasteiger charge is -2.01. The van der Waals surface area contributed by atoms with Gasteiger partial charge in [0.15, 0.2) is 0 Å². The molecule has 0 bridgehead atoms. The predicted octanol–water partition coefficient (Wildman–Crippen LogP) is 3.16. The van der Waals surface area contributed by atoms with E-state index < -0.39 is 0 Å². The largest absolute Gasteiger partial charge is 0.0622 e. The van der Waals surface area contributed by atoms with Crippen LogP contribution in [0.15, 0.2) is 30.3 Å². The molecule has 0 aliphatic rings. The standard InChI is InChI=1S/C8H9PS/c1-7(9-10)8-5-3-2-4-6-8/h2-7H,1H3. The summed E-state index contributed by atoms with van der Waals surface area (Å²) in [6.07, 6.45) is 0. The van der Waals surface area contributed by atoms with Crippen LogP contribution in [0.3, 0.4) is 0 Å². The molecule has 0 nitrogen and oxygen atoms in total. The van der Waals surface area contributed by atoms with Crippen LogP contribution in [-0.4, -0.2) is 0 Å². The van der Waals surface area contributed by atoms with Gasteiger partial charge in [0.05, 0.1) is 0 Å². The van der Waals surface area contributed by atoms with Crippen molar-refractivity contribution in [1.29, 1.82) is 0 Å². The van der Waals surface area contributed by atoms with Crippen LogP contribution in [0.1, 0.15) is 18.1 Å². The van der Waals surface area contributed by atoms with Crippen LogP contribution in [-0.2, 0) is 11.8 Å². The Morgan fingerprint density at radius 2 is 1.90 bits per heavy atom. The average Bonchev–Trinajstić information content (AvgIpc) is 2.05. The van der Waals surface area contributed by atoms with Crippen LogP contribution in [0.4, 0.5) is 0 Å². The molecule has 0 aliphatic carbocycles. The van der Waals surface area contributed by atoms with Gasteiger partial charge in [-0.3, -0.25) is 0 Å². The van der Waals surface area contributed by atoms with Crippen LogP contribution in [0, 0.1) is 0 Å². The van der Waals surface area contributed by atoms with Crippen molar-refractivity contribution in [3.05, 3.63) is 35.9 Å². The molecule has 1 unspecified atom stereocenters. The number of hydrogen-bond acceptors (Lipinski definition) is 1. The van der Waals surface area contributed by atoms with Crippen molar-refractivity contribution in [2.24, 2.45) is 0 Å². The summed E-state index contributed by atoms with van der Waals surface area (Å²) in [6, 6.07) is 10.4. The highest BCUT2D eigenvalue weighted by atomic mass is 32.4. The topological polar surface area (TPSA) is 0 Å². The lowest BCUT2D eigenvalue weighted by Crippen LogP contribution is -1.80. The normalized spacial score (nSPS) is 13.3. The molecular formula is C8H9PS. The highest BCUT2D eigenvalue weighted by Crippen LogP contribution is 2.25. The summed E-state index contributed by atoms with van der Waals surface area (Å²) in [7, 11) is 1.03. The SMILES string of the molecule is CC(P=S)c1ccccc1. The van der Waals surface area contributed by atoms with Gasteiger partial charge in [0.25, 0.3) is 0 Å². The Kier molecular flexibility index (Phi) is 2.98. The molecule has 0 N–H and O–H groups in total. The molecule has 1 aromatic rings. The molecule has 0 aromatic heterocycles. The fraction of sp³-hybridized carbons (Fsp3) is 0.250. The van der Waals surface area contributed by atoms with Gasteiger partial charge in [0.1, 0.15) is 0 Å². The molecule has 0 fully saturated rings. The molecule has 0 amide bonds. The van der Waals surface area contributed by atoms with Gasteiger partial charge in [0, 0.05) is 5.66 Å². The van der Waals surface area contributed by atoms with Crippen molar-refractivity contribution in [3.63, 3.8) is 0 Å². The first kappa shape index (κ1) is 7.84. The Morgan fingerprint density at radius 3 is 2.40 bits per heavy atom. The predicted molar refractivity (Wildman–Crippen MR) is 49.1 cm³/mol. The van der Waals surface area contributed by atoms with Crippen LogP contribution < -0.4 is 0 Å². The van der Waals surface area contributed by atoms with Crippen molar-refractivity contribution in [2.45, 2.75) is 12.6 Å². The molecule has 0 saturated carbocycles. The minimum atomic E-state index is 0.496. The van der Waals surface area contributed by atoms with Crippen LogP contribution in [0.25, 0.3) is 0 Å². The number of hydrogen-bond donors (Lipinski definition) is 0. The zero-order valence-electron chi connectivity index (χ0n) is 5.82. The van der Waals surface area contributed by atoms with E-state index >= 15 is 0 Å². The third-order valence-corrected chi connectivity index (χ3v) is 3.00. The average molecular weight is 168 g/mol. The molecule has 2 heteroatoms. The van der Waals surface area contributed by atoms with Crippen molar-refractivity contribution in [1.82, 2.24) is 0 Å². The van der Waals surface area contributed by atoms with Crippen molar-refractivity contribution in [3.8, 4) is 0 Å². The second kappa shape index (κ2) is 3.80. The Hall–Kier alpha value is -0.260. The highest BCUT2D eigenvalue weighted by molar-refractivity contribution is 7.96. The first-order chi connectivity index (χ1) is 4.84. The maximum atomic E-state index is 4.93. The van der Waals surface area contributed by atoms with E-state index in [1.807, 2.05) is 18.2 Å². The van der Waals surface area contributed by atoms with E-state index in [1.54, 1.807) is 0 Å². The molecular weight excluding hydrogens is 159 g/mol. The lowest BCUT2D eigenvalue weighted by molar-refractivity contribution is 1.10. The Morgan fingerprint density at radius 1 is 1.30 bits per heavy atom. The molecule has 52 valence electrons. The maximum absolute atomic E-state index is 4.93. The molecule has 1 rings (SSSR count). The van der Waals surface area contributed by atoms with Gasteiger partial charge in [-0.15, -0.1) is 0 Å². The Labute approximate surface area is 68.1 Å². The van der Waals surface area contributed by atoms with E-state index in [4.69, 9.17) is 11.8 Å². The van der Waals surface area contributed by atoms with Gasteiger partial charge in [0.2, 0.25) is 0 Å². The molecule has 0 saturated heterocycles. The second-order valence-corrected chi connectivity index (χ2v) is 3.81. The second-order valence-electron chi connectivity index (χ2n) is 2.19. The van der Waals surface area contributed by atoms with Gasteiger partial charge in [-0.1, -0.05) is 42.1 Å². The lowest BCUT2D eigenvalue weighted by atomic mass is 10.2. The summed E-state index contributed by atoms with van der Waals surface area (Å²) in [5, 5.41) is 0. The zero-order chi connectivity index (χ0) is 7.40. The zero-order valence-corrected chi connectivity index (χ0v) is 7.53. The first-order valence-corrected chi connectivity index (χ1v) is 5.19. The van der Waals surface area contributed by atoms with E-state index in [0.717, 1.165) is 7.36 Å². The molecule has 0 heterocycles. The molecule has 1 atom stereocenters. The third kappa shape index (κ3) is 1.86. The van der Waals surface area contributed by atoms with E-state index in [-0.39, 0.29) is 0 Å². The molecule has 0 spiro atoms. The first-order valence-electron chi connectivity index (χ1n) is 3.22. The van der Waals surface area contributed by atoms with Gasteiger partial charge >= 0.3 is 0 Å². The third-order valence-electron chi connectivity index (χ3n) is 1.44. The molecule has 10 heavy (non-hydrogen) atoms. The number of rotatable bonds is 2. The molecule has 1 aromatic carbocycles. The van der Waals surface area contributed by atoms with E-state index in [1.165, 1.54) is 5.56 Å². The molecule has 0 radical (unpaired) electrons. The summed E-state index contributed by atoms with van der Waals surface area (Å²) < 4.78 is 0. The summed E-state index contributed by atoms with van der Waals surface area (Å²) in [6.45, 7) is 2.14. The monoisotopic (exact) mass is 168 g/mol. The van der Waals surface area contributed by atoms with E-state index in [0.29, 0.717) is 5.66 Å². The summed E-state index contributed by atoms with van der Waals surface area (Å²) in [5.41, 5.74) is 1.83. The number of benzene rings is 1. The smallest absolute Gasteiger partial charge is 0.0335 e. The van der Waals surface area contributed by atoms with Crippen molar-refractivity contribution >= 4 is 19.2 Å².